The Morgan fingerprint density at radius 2 is 2.10 bits per heavy atom. The standard InChI is InChI=1S/C16H17NO3/c1-9(2)10-3-5-14-12(7-10)13(8-20-14)11-4-6-15(18)17-16(11)19/h3,5,7-9,11H,4,6H2,1-2H3,(H,17,18,19). The molecule has 4 nitrogen and oxygen atoms in total. The summed E-state index contributed by atoms with van der Waals surface area (Å²) in [5, 5.41) is 3.38. The van der Waals surface area contributed by atoms with Crippen LogP contribution in [-0.4, -0.2) is 11.8 Å². The lowest BCUT2D eigenvalue weighted by Crippen LogP contribution is -2.39. The van der Waals surface area contributed by atoms with Gasteiger partial charge in [-0.1, -0.05) is 19.9 Å². The average molecular weight is 271 g/mol. The molecule has 104 valence electrons. The third-order valence-electron chi connectivity index (χ3n) is 3.91. The summed E-state index contributed by atoms with van der Waals surface area (Å²) >= 11 is 0. The van der Waals surface area contributed by atoms with Gasteiger partial charge in [0, 0.05) is 17.4 Å². The summed E-state index contributed by atoms with van der Waals surface area (Å²) in [6, 6.07) is 6.08. The van der Waals surface area contributed by atoms with Gasteiger partial charge in [0.1, 0.15) is 5.58 Å². The van der Waals surface area contributed by atoms with Crippen molar-refractivity contribution in [2.45, 2.75) is 38.5 Å². The fourth-order valence-corrected chi connectivity index (χ4v) is 2.69. The monoisotopic (exact) mass is 271 g/mol. The Labute approximate surface area is 117 Å². The summed E-state index contributed by atoms with van der Waals surface area (Å²) in [4.78, 5) is 23.2. The highest BCUT2D eigenvalue weighted by Crippen LogP contribution is 2.33. The van der Waals surface area contributed by atoms with Crippen molar-refractivity contribution >= 4 is 22.8 Å². The van der Waals surface area contributed by atoms with Crippen molar-refractivity contribution in [1.29, 1.82) is 0 Å². The van der Waals surface area contributed by atoms with Crippen LogP contribution in [0, 0.1) is 0 Å². The van der Waals surface area contributed by atoms with Crippen molar-refractivity contribution < 1.29 is 14.0 Å². The highest BCUT2D eigenvalue weighted by Gasteiger charge is 2.30. The van der Waals surface area contributed by atoms with E-state index in [1.54, 1.807) is 6.26 Å². The van der Waals surface area contributed by atoms with E-state index >= 15 is 0 Å². The molecule has 1 unspecified atom stereocenters. The summed E-state index contributed by atoms with van der Waals surface area (Å²) < 4.78 is 5.55. The maximum atomic E-state index is 12.0. The number of amides is 2. The van der Waals surface area contributed by atoms with Crippen LogP contribution in [-0.2, 0) is 9.59 Å². The SMILES string of the molecule is CC(C)c1ccc2occ(C3CCC(=O)NC3=O)c2c1. The smallest absolute Gasteiger partial charge is 0.234 e. The molecule has 4 heteroatoms. The minimum atomic E-state index is -0.295. The zero-order valence-corrected chi connectivity index (χ0v) is 11.6. The van der Waals surface area contributed by atoms with Crippen LogP contribution < -0.4 is 5.32 Å². The van der Waals surface area contributed by atoms with Crippen molar-refractivity contribution in [1.82, 2.24) is 5.32 Å². The molecule has 1 aliphatic heterocycles. The first-order valence-electron chi connectivity index (χ1n) is 6.91. The van der Waals surface area contributed by atoms with Crippen LogP contribution >= 0.6 is 0 Å². The predicted octanol–water partition coefficient (Wildman–Crippen LogP) is 3.08. The number of hydrogen-bond donors (Lipinski definition) is 1. The van der Waals surface area contributed by atoms with E-state index in [1.807, 2.05) is 12.1 Å². The second-order valence-electron chi connectivity index (χ2n) is 5.61. The molecule has 1 aromatic heterocycles. The zero-order valence-electron chi connectivity index (χ0n) is 11.6. The predicted molar refractivity (Wildman–Crippen MR) is 75.4 cm³/mol. The zero-order chi connectivity index (χ0) is 14.3. The van der Waals surface area contributed by atoms with Gasteiger partial charge in [-0.3, -0.25) is 14.9 Å². The summed E-state index contributed by atoms with van der Waals surface area (Å²) in [5.74, 6) is -0.291. The molecular weight excluding hydrogens is 254 g/mol. The number of fused-ring (bicyclic) bond motifs is 1. The van der Waals surface area contributed by atoms with Crippen molar-refractivity contribution in [2.75, 3.05) is 0 Å². The number of furan rings is 1. The lowest BCUT2D eigenvalue weighted by Gasteiger charge is -2.20. The molecule has 0 spiro atoms. The molecule has 2 aromatic rings. The number of imide groups is 1. The van der Waals surface area contributed by atoms with Gasteiger partial charge in [-0.25, -0.2) is 0 Å². The molecule has 1 atom stereocenters. The van der Waals surface area contributed by atoms with Crippen LogP contribution in [0.5, 0.6) is 0 Å². The van der Waals surface area contributed by atoms with Gasteiger partial charge >= 0.3 is 0 Å². The molecule has 2 amide bonds. The summed E-state index contributed by atoms with van der Waals surface area (Å²) in [6.07, 6.45) is 2.58. The molecular formula is C16H17NO3. The van der Waals surface area contributed by atoms with E-state index in [4.69, 9.17) is 4.42 Å². The quantitative estimate of drug-likeness (QED) is 0.854. The molecule has 0 bridgehead atoms. The Hall–Kier alpha value is -2.10. The highest BCUT2D eigenvalue weighted by molar-refractivity contribution is 6.02. The van der Waals surface area contributed by atoms with Crippen molar-refractivity contribution in [3.8, 4) is 0 Å². The maximum absolute atomic E-state index is 12.0. The molecule has 0 saturated carbocycles. The normalized spacial score (nSPS) is 19.6. The van der Waals surface area contributed by atoms with Gasteiger partial charge in [-0.05, 0) is 30.0 Å². The van der Waals surface area contributed by atoms with Crippen molar-refractivity contribution in [2.24, 2.45) is 0 Å². The molecule has 1 aliphatic rings. The molecule has 0 aliphatic carbocycles. The van der Waals surface area contributed by atoms with Crippen LogP contribution in [0.2, 0.25) is 0 Å². The Morgan fingerprint density at radius 3 is 2.80 bits per heavy atom. The van der Waals surface area contributed by atoms with Gasteiger partial charge < -0.3 is 4.42 Å². The minimum absolute atomic E-state index is 0.193. The molecule has 0 radical (unpaired) electrons. The first-order chi connectivity index (χ1) is 9.56. The number of nitrogens with one attached hydrogen (secondary N) is 1. The van der Waals surface area contributed by atoms with Gasteiger partial charge in [-0.2, -0.15) is 0 Å². The van der Waals surface area contributed by atoms with Crippen LogP contribution in [0.1, 0.15) is 49.7 Å². The van der Waals surface area contributed by atoms with E-state index in [2.05, 4.69) is 25.2 Å². The van der Waals surface area contributed by atoms with Crippen LogP contribution in [0.25, 0.3) is 11.0 Å². The van der Waals surface area contributed by atoms with Crippen LogP contribution in [0.15, 0.2) is 28.9 Å². The van der Waals surface area contributed by atoms with E-state index in [1.165, 1.54) is 5.56 Å². The summed E-state index contributed by atoms with van der Waals surface area (Å²) in [5.41, 5.74) is 2.88. The van der Waals surface area contributed by atoms with Crippen LogP contribution in [0.3, 0.4) is 0 Å². The molecule has 2 heterocycles. The average Bonchev–Trinajstić information content (AvgIpc) is 2.81. The summed E-state index contributed by atoms with van der Waals surface area (Å²) in [6.45, 7) is 4.26. The number of carbonyl (C=O) groups excluding carboxylic acids is 2. The first-order valence-corrected chi connectivity index (χ1v) is 6.91. The Bertz CT molecular complexity index is 684. The van der Waals surface area contributed by atoms with Gasteiger partial charge in [0.25, 0.3) is 0 Å². The fraction of sp³-hybridized carbons (Fsp3) is 0.375. The molecule has 1 aromatic carbocycles. The number of hydrogen-bond acceptors (Lipinski definition) is 3. The largest absolute Gasteiger partial charge is 0.464 e. The van der Waals surface area contributed by atoms with Crippen molar-refractivity contribution in [3.63, 3.8) is 0 Å². The van der Waals surface area contributed by atoms with E-state index < -0.39 is 0 Å². The number of benzene rings is 1. The van der Waals surface area contributed by atoms with E-state index in [0.29, 0.717) is 18.8 Å². The molecule has 1 N–H and O–H groups in total. The van der Waals surface area contributed by atoms with Gasteiger partial charge in [-0.15, -0.1) is 0 Å². The Balaban J connectivity index is 2.05. The van der Waals surface area contributed by atoms with E-state index in [0.717, 1.165) is 16.5 Å². The second-order valence-corrected chi connectivity index (χ2v) is 5.61. The van der Waals surface area contributed by atoms with Crippen LogP contribution in [0.4, 0.5) is 0 Å². The van der Waals surface area contributed by atoms with Gasteiger partial charge in [0.15, 0.2) is 0 Å². The topological polar surface area (TPSA) is 59.3 Å². The van der Waals surface area contributed by atoms with Gasteiger partial charge in [0.05, 0.1) is 12.2 Å². The van der Waals surface area contributed by atoms with Crippen molar-refractivity contribution in [3.05, 3.63) is 35.6 Å². The summed E-state index contributed by atoms with van der Waals surface area (Å²) in [7, 11) is 0. The lowest BCUT2D eigenvalue weighted by molar-refractivity contribution is -0.134. The minimum Gasteiger partial charge on any atom is -0.464 e. The molecule has 1 fully saturated rings. The number of carbonyl (C=O) groups is 2. The fourth-order valence-electron chi connectivity index (χ4n) is 2.69. The van der Waals surface area contributed by atoms with E-state index in [9.17, 15) is 9.59 Å². The molecule has 20 heavy (non-hydrogen) atoms. The Morgan fingerprint density at radius 1 is 1.30 bits per heavy atom. The second kappa shape index (κ2) is 4.78. The Kier molecular flexibility index (Phi) is 3.08. The lowest BCUT2D eigenvalue weighted by atomic mass is 9.89. The highest BCUT2D eigenvalue weighted by atomic mass is 16.3. The van der Waals surface area contributed by atoms with Gasteiger partial charge in [0.2, 0.25) is 11.8 Å². The first kappa shape index (κ1) is 12.9. The molecule has 1 saturated heterocycles. The third kappa shape index (κ3) is 2.11. The van der Waals surface area contributed by atoms with E-state index in [-0.39, 0.29) is 17.7 Å². The third-order valence-corrected chi connectivity index (χ3v) is 3.91. The molecule has 3 rings (SSSR count). The number of rotatable bonds is 2. The number of piperidine rings is 1. The maximum Gasteiger partial charge on any atom is 0.234 e.